The zero-order valence-electron chi connectivity index (χ0n) is 28.6. The van der Waals surface area contributed by atoms with Gasteiger partial charge >= 0.3 is 0 Å². The molecule has 2 fully saturated rings. The van der Waals surface area contributed by atoms with E-state index in [-0.39, 0.29) is 53.5 Å². The van der Waals surface area contributed by atoms with Gasteiger partial charge in [0.25, 0.3) is 0 Å². The van der Waals surface area contributed by atoms with E-state index in [1.807, 2.05) is 38.1 Å². The number of rotatable bonds is 12. The number of piperidine rings is 1. The van der Waals surface area contributed by atoms with E-state index >= 15 is 0 Å². The first-order valence-corrected chi connectivity index (χ1v) is 18.8. The molecule has 2 saturated heterocycles. The highest BCUT2D eigenvalue weighted by Gasteiger charge is 2.46. The van der Waals surface area contributed by atoms with Crippen LogP contribution in [0, 0.1) is 19.8 Å². The molecule has 13 heteroatoms. The number of pyridine rings is 1. The van der Waals surface area contributed by atoms with Crippen LogP contribution in [-0.4, -0.2) is 101 Å². The van der Waals surface area contributed by atoms with Crippen molar-refractivity contribution in [1.82, 2.24) is 19.9 Å². The van der Waals surface area contributed by atoms with Crippen molar-refractivity contribution in [2.45, 2.75) is 56.6 Å². The normalized spacial score (nSPS) is 17.5. The standard InChI is InChI=1S/C35H48Cl2N5O5S/c1-24-21-25(2)39-33-27(24)7-6-8-30(33)47-23-28-29(36)9-10-31(32(28)37)48(44,45)40-35(13-19-46-20-14-35)34(43)41-16-11-26(12-17-41)22-38-15-18-42(3,4)5/h6-10,21,26,38,40H,11-20,22-23H2,1-5H3/q+1. The van der Waals surface area contributed by atoms with Gasteiger partial charge in [0.15, 0.2) is 0 Å². The van der Waals surface area contributed by atoms with Gasteiger partial charge in [0.1, 0.15) is 28.3 Å². The van der Waals surface area contributed by atoms with Crippen molar-refractivity contribution in [2.75, 3.05) is 67.1 Å². The number of likely N-dealkylation sites (N-methyl/N-ethyl adjacent to an activating group) is 1. The number of nitrogens with one attached hydrogen (secondary N) is 2. The smallest absolute Gasteiger partial charge is 0.244 e. The summed E-state index contributed by atoms with van der Waals surface area (Å²) in [6, 6.07) is 10.5. The highest BCUT2D eigenvalue weighted by Crippen LogP contribution is 2.36. The van der Waals surface area contributed by atoms with E-state index in [0.717, 1.165) is 53.6 Å². The number of hydrogen-bond acceptors (Lipinski definition) is 7. The summed E-state index contributed by atoms with van der Waals surface area (Å²) < 4.78 is 43.6. The fraction of sp³-hybridized carbons (Fsp3) is 0.543. The van der Waals surface area contributed by atoms with Crippen LogP contribution in [0.4, 0.5) is 0 Å². The number of nitrogens with zero attached hydrogens (tertiary/aromatic N) is 3. The van der Waals surface area contributed by atoms with Crippen LogP contribution in [0.25, 0.3) is 10.9 Å². The van der Waals surface area contributed by atoms with Crippen molar-refractivity contribution in [3.05, 3.63) is 63.3 Å². The lowest BCUT2D eigenvalue weighted by Crippen LogP contribution is -2.62. The third-order valence-corrected chi connectivity index (χ3v) is 11.8. The van der Waals surface area contributed by atoms with Gasteiger partial charge in [0.05, 0.1) is 32.7 Å². The number of amides is 1. The van der Waals surface area contributed by atoms with Crippen LogP contribution >= 0.6 is 23.2 Å². The Kier molecular flexibility index (Phi) is 11.6. The molecule has 0 bridgehead atoms. The maximum Gasteiger partial charge on any atom is 0.244 e. The summed E-state index contributed by atoms with van der Waals surface area (Å²) >= 11 is 13.3. The maximum atomic E-state index is 14.1. The van der Waals surface area contributed by atoms with E-state index in [1.165, 1.54) is 12.1 Å². The summed E-state index contributed by atoms with van der Waals surface area (Å²) in [5.74, 6) is 0.789. The first-order chi connectivity index (χ1) is 22.7. The maximum absolute atomic E-state index is 14.1. The molecule has 1 amide bonds. The number of carbonyl (C=O) groups is 1. The van der Waals surface area contributed by atoms with Crippen molar-refractivity contribution in [1.29, 1.82) is 0 Å². The molecule has 0 radical (unpaired) electrons. The molecular formula is C35H48Cl2N5O5S+. The quantitative estimate of drug-likeness (QED) is 0.198. The van der Waals surface area contributed by atoms with Gasteiger partial charge in [-0.15, -0.1) is 0 Å². The molecule has 2 aromatic carbocycles. The molecule has 0 saturated carbocycles. The van der Waals surface area contributed by atoms with Crippen molar-refractivity contribution < 1.29 is 27.2 Å². The van der Waals surface area contributed by atoms with Crippen LogP contribution in [0.1, 0.15) is 42.5 Å². The summed E-state index contributed by atoms with van der Waals surface area (Å²) in [4.78, 5) is 20.4. The van der Waals surface area contributed by atoms with Gasteiger partial charge in [-0.3, -0.25) is 4.79 Å². The number of carbonyl (C=O) groups excluding carboxylic acids is 1. The Morgan fingerprint density at radius 2 is 1.81 bits per heavy atom. The molecule has 2 aliphatic rings. The molecule has 48 heavy (non-hydrogen) atoms. The zero-order chi connectivity index (χ0) is 34.7. The second-order valence-corrected chi connectivity index (χ2v) is 16.5. The molecule has 10 nitrogen and oxygen atoms in total. The van der Waals surface area contributed by atoms with Gasteiger partial charge < -0.3 is 24.2 Å². The highest BCUT2D eigenvalue weighted by molar-refractivity contribution is 7.89. The fourth-order valence-electron chi connectivity index (χ4n) is 6.49. The van der Waals surface area contributed by atoms with E-state index in [4.69, 9.17) is 32.7 Å². The topological polar surface area (TPSA) is 110 Å². The predicted octanol–water partition coefficient (Wildman–Crippen LogP) is 5.10. The number of sulfonamides is 1. The number of halogens is 2. The van der Waals surface area contributed by atoms with Crippen molar-refractivity contribution >= 4 is 50.0 Å². The third kappa shape index (κ3) is 8.61. The number of aromatic nitrogens is 1. The van der Waals surface area contributed by atoms with E-state index in [9.17, 15) is 13.2 Å². The second-order valence-electron chi connectivity index (χ2n) is 14.1. The number of fused-ring (bicyclic) bond motifs is 1. The first-order valence-electron chi connectivity index (χ1n) is 16.6. The summed E-state index contributed by atoms with van der Waals surface area (Å²) in [7, 11) is 2.26. The summed E-state index contributed by atoms with van der Waals surface area (Å²) in [5.41, 5.74) is 1.62. The van der Waals surface area contributed by atoms with E-state index in [1.54, 1.807) is 4.90 Å². The number of benzene rings is 2. The number of ether oxygens (including phenoxy) is 2. The minimum atomic E-state index is -4.26. The third-order valence-electron chi connectivity index (χ3n) is 9.33. The molecule has 0 atom stereocenters. The molecule has 1 aromatic heterocycles. The summed E-state index contributed by atoms with van der Waals surface area (Å²) in [6.45, 7) is 8.44. The van der Waals surface area contributed by atoms with Gasteiger partial charge in [-0.2, -0.15) is 4.72 Å². The highest BCUT2D eigenvalue weighted by atomic mass is 35.5. The number of aryl methyl sites for hydroxylation is 2. The van der Waals surface area contributed by atoms with Gasteiger partial charge in [-0.05, 0) is 81.8 Å². The Hall–Kier alpha value is -2.51. The molecule has 2 N–H and O–H groups in total. The first kappa shape index (κ1) is 36.8. The summed E-state index contributed by atoms with van der Waals surface area (Å²) in [5, 5.41) is 4.73. The molecule has 0 unspecified atom stereocenters. The minimum Gasteiger partial charge on any atom is -0.487 e. The predicted molar refractivity (Wildman–Crippen MR) is 190 cm³/mol. The Morgan fingerprint density at radius 1 is 1.10 bits per heavy atom. The summed E-state index contributed by atoms with van der Waals surface area (Å²) in [6.07, 6.45) is 2.18. The van der Waals surface area contributed by atoms with Crippen LogP contribution < -0.4 is 14.8 Å². The van der Waals surface area contributed by atoms with Gasteiger partial charge in [0.2, 0.25) is 15.9 Å². The Balaban J connectivity index is 1.31. The monoisotopic (exact) mass is 720 g/mol. The lowest BCUT2D eigenvalue weighted by molar-refractivity contribution is -0.869. The lowest BCUT2D eigenvalue weighted by atomic mass is 9.88. The van der Waals surface area contributed by atoms with Crippen LogP contribution in [0.2, 0.25) is 10.0 Å². The van der Waals surface area contributed by atoms with Crippen LogP contribution in [0.15, 0.2) is 41.3 Å². The largest absolute Gasteiger partial charge is 0.487 e. The minimum absolute atomic E-state index is 0.0520. The SMILES string of the molecule is Cc1cc(C)c2cccc(OCc3c(Cl)ccc(S(=O)(=O)NC4(C(=O)N5CCC(CNCC[N+](C)(C)C)CC5)CCOCC4)c3Cl)c2n1. The molecule has 5 rings (SSSR count). The van der Waals surface area contributed by atoms with E-state index in [0.29, 0.717) is 35.8 Å². The molecule has 262 valence electrons. The van der Waals surface area contributed by atoms with Gasteiger partial charge in [-0.25, -0.2) is 13.4 Å². The van der Waals surface area contributed by atoms with Crippen LogP contribution in [-0.2, 0) is 26.2 Å². The number of likely N-dealkylation sites (tertiary alicyclic amines) is 1. The number of quaternary nitrogens is 1. The fourth-order valence-corrected chi connectivity index (χ4v) is 8.80. The molecule has 2 aliphatic heterocycles. The lowest BCUT2D eigenvalue weighted by Gasteiger charge is -2.42. The van der Waals surface area contributed by atoms with E-state index < -0.39 is 15.6 Å². The van der Waals surface area contributed by atoms with Gasteiger partial charge in [0, 0.05) is 54.5 Å². The van der Waals surface area contributed by atoms with Crippen molar-refractivity contribution in [3.63, 3.8) is 0 Å². The Morgan fingerprint density at radius 3 is 2.50 bits per heavy atom. The van der Waals surface area contributed by atoms with Gasteiger partial charge in [-0.1, -0.05) is 35.3 Å². The number of para-hydroxylation sites is 1. The second kappa shape index (κ2) is 15.2. The average molecular weight is 722 g/mol. The van der Waals surface area contributed by atoms with E-state index in [2.05, 4.69) is 36.2 Å². The van der Waals surface area contributed by atoms with Crippen molar-refractivity contribution in [2.24, 2.45) is 5.92 Å². The van der Waals surface area contributed by atoms with Crippen molar-refractivity contribution in [3.8, 4) is 5.75 Å². The average Bonchev–Trinajstić information content (AvgIpc) is 3.02. The molecule has 0 spiro atoms. The molecule has 3 aromatic rings. The Labute approximate surface area is 294 Å². The van der Waals surface area contributed by atoms with Crippen LogP contribution in [0.3, 0.4) is 0 Å². The molecule has 3 heterocycles. The molecule has 0 aliphatic carbocycles. The molecular weight excluding hydrogens is 673 g/mol. The Bertz CT molecular complexity index is 1730. The number of hydrogen-bond donors (Lipinski definition) is 2. The van der Waals surface area contributed by atoms with Crippen LogP contribution in [0.5, 0.6) is 5.75 Å². The zero-order valence-corrected chi connectivity index (χ0v) is 30.9.